The van der Waals surface area contributed by atoms with Crippen LogP contribution in [-0.2, 0) is 6.42 Å². The lowest BCUT2D eigenvalue weighted by Crippen LogP contribution is -2.35. The molecule has 0 aliphatic heterocycles. The van der Waals surface area contributed by atoms with Gasteiger partial charge in [0.05, 0.1) is 22.3 Å². The average Bonchev–Trinajstić information content (AvgIpc) is 3.18. The van der Waals surface area contributed by atoms with Crippen molar-refractivity contribution in [1.29, 1.82) is 0 Å². The van der Waals surface area contributed by atoms with Gasteiger partial charge in [-0.05, 0) is 36.2 Å². The molecule has 0 bridgehead atoms. The van der Waals surface area contributed by atoms with Crippen molar-refractivity contribution >= 4 is 29.1 Å². The molecule has 1 heterocycles. The van der Waals surface area contributed by atoms with Gasteiger partial charge in [0.2, 0.25) is 0 Å². The standard InChI is InChI=1S/C20H19Cl2N3O2/c21-17-7-6-16(14-18(17)22)25-11-9-19(23-25)20(27)24(12-13-26)10-8-15-4-2-1-3-5-15/h1-7,9,11,14,26H,8,10,12-13H2. The Morgan fingerprint density at radius 1 is 1.04 bits per heavy atom. The molecule has 7 heteroatoms. The molecule has 0 aliphatic carbocycles. The summed E-state index contributed by atoms with van der Waals surface area (Å²) >= 11 is 12.0. The summed E-state index contributed by atoms with van der Waals surface area (Å²) in [7, 11) is 0. The molecule has 27 heavy (non-hydrogen) atoms. The van der Waals surface area contributed by atoms with Gasteiger partial charge in [0.25, 0.3) is 5.91 Å². The van der Waals surface area contributed by atoms with Crippen molar-refractivity contribution in [2.24, 2.45) is 0 Å². The molecule has 0 saturated heterocycles. The minimum Gasteiger partial charge on any atom is -0.395 e. The van der Waals surface area contributed by atoms with Crippen molar-refractivity contribution in [1.82, 2.24) is 14.7 Å². The maximum absolute atomic E-state index is 12.8. The molecule has 0 atom stereocenters. The Bertz CT molecular complexity index is 913. The normalized spacial score (nSPS) is 10.8. The first-order chi connectivity index (χ1) is 13.1. The molecule has 0 radical (unpaired) electrons. The lowest BCUT2D eigenvalue weighted by molar-refractivity contribution is 0.0717. The van der Waals surface area contributed by atoms with Gasteiger partial charge in [-0.2, -0.15) is 5.10 Å². The van der Waals surface area contributed by atoms with E-state index in [1.807, 2.05) is 30.3 Å². The van der Waals surface area contributed by atoms with Gasteiger partial charge in [0, 0.05) is 19.3 Å². The molecular formula is C20H19Cl2N3O2. The molecule has 3 rings (SSSR count). The molecule has 0 aliphatic rings. The second-order valence-corrected chi connectivity index (χ2v) is 6.81. The maximum atomic E-state index is 12.8. The third-order valence-electron chi connectivity index (χ3n) is 4.15. The molecule has 3 aromatic rings. The van der Waals surface area contributed by atoms with E-state index < -0.39 is 0 Å². The minimum absolute atomic E-state index is 0.103. The van der Waals surface area contributed by atoms with E-state index in [0.717, 1.165) is 5.56 Å². The molecule has 2 aromatic carbocycles. The number of carbonyl (C=O) groups is 1. The van der Waals surface area contributed by atoms with E-state index in [4.69, 9.17) is 23.2 Å². The van der Waals surface area contributed by atoms with Gasteiger partial charge >= 0.3 is 0 Å². The van der Waals surface area contributed by atoms with Crippen LogP contribution in [-0.4, -0.2) is 45.4 Å². The smallest absolute Gasteiger partial charge is 0.274 e. The zero-order chi connectivity index (χ0) is 19.2. The number of aromatic nitrogens is 2. The highest BCUT2D eigenvalue weighted by atomic mass is 35.5. The second kappa shape index (κ2) is 9.04. The third-order valence-corrected chi connectivity index (χ3v) is 4.89. The van der Waals surface area contributed by atoms with E-state index in [-0.39, 0.29) is 19.1 Å². The monoisotopic (exact) mass is 403 g/mol. The average molecular weight is 404 g/mol. The molecule has 1 N–H and O–H groups in total. The number of aliphatic hydroxyl groups excluding tert-OH is 1. The Morgan fingerprint density at radius 3 is 2.52 bits per heavy atom. The van der Waals surface area contributed by atoms with Crippen molar-refractivity contribution in [3.8, 4) is 5.69 Å². The predicted molar refractivity (Wildman–Crippen MR) is 107 cm³/mol. The Balaban J connectivity index is 1.74. The number of nitrogens with zero attached hydrogens (tertiary/aromatic N) is 3. The fourth-order valence-electron chi connectivity index (χ4n) is 2.72. The first-order valence-corrected chi connectivity index (χ1v) is 9.29. The maximum Gasteiger partial charge on any atom is 0.274 e. The lowest BCUT2D eigenvalue weighted by Gasteiger charge is -2.20. The predicted octanol–water partition coefficient (Wildman–Crippen LogP) is 3.86. The number of hydrogen-bond donors (Lipinski definition) is 1. The van der Waals surface area contributed by atoms with Gasteiger partial charge in [0.15, 0.2) is 5.69 Å². The summed E-state index contributed by atoms with van der Waals surface area (Å²) in [6.07, 6.45) is 2.40. The molecule has 0 saturated carbocycles. The van der Waals surface area contributed by atoms with Crippen LogP contribution >= 0.6 is 23.2 Å². The first kappa shape index (κ1) is 19.4. The lowest BCUT2D eigenvalue weighted by atomic mass is 10.1. The van der Waals surface area contributed by atoms with E-state index in [2.05, 4.69) is 5.10 Å². The summed E-state index contributed by atoms with van der Waals surface area (Å²) in [5.41, 5.74) is 2.15. The molecule has 0 spiro atoms. The number of amides is 1. The van der Waals surface area contributed by atoms with Crippen molar-refractivity contribution in [3.63, 3.8) is 0 Å². The van der Waals surface area contributed by atoms with Crippen LogP contribution in [0.25, 0.3) is 5.69 Å². The Hall–Kier alpha value is -2.34. The summed E-state index contributed by atoms with van der Waals surface area (Å²) in [4.78, 5) is 14.4. The van der Waals surface area contributed by atoms with Crippen LogP contribution in [0.2, 0.25) is 10.0 Å². The fraction of sp³-hybridized carbons (Fsp3) is 0.200. The summed E-state index contributed by atoms with van der Waals surface area (Å²) in [5, 5.41) is 14.6. The number of hydrogen-bond acceptors (Lipinski definition) is 3. The van der Waals surface area contributed by atoms with Crippen molar-refractivity contribution in [2.45, 2.75) is 6.42 Å². The topological polar surface area (TPSA) is 58.4 Å². The quantitative estimate of drug-likeness (QED) is 0.651. The van der Waals surface area contributed by atoms with Gasteiger partial charge in [0.1, 0.15) is 0 Å². The number of benzene rings is 2. The summed E-state index contributed by atoms with van der Waals surface area (Å²) in [6, 6.07) is 16.7. The SMILES string of the molecule is O=C(c1ccn(-c2ccc(Cl)c(Cl)c2)n1)N(CCO)CCc1ccccc1. The number of carbonyl (C=O) groups excluding carboxylic acids is 1. The minimum atomic E-state index is -0.223. The van der Waals surface area contributed by atoms with Gasteiger partial charge < -0.3 is 10.0 Å². The van der Waals surface area contributed by atoms with Crippen molar-refractivity contribution in [3.05, 3.63) is 82.1 Å². The number of aliphatic hydroxyl groups is 1. The third kappa shape index (κ3) is 4.89. The molecule has 1 aromatic heterocycles. The van der Waals surface area contributed by atoms with Gasteiger partial charge in [-0.1, -0.05) is 53.5 Å². The van der Waals surface area contributed by atoms with Crippen molar-refractivity contribution < 1.29 is 9.90 Å². The van der Waals surface area contributed by atoms with E-state index in [1.54, 1.807) is 40.0 Å². The van der Waals surface area contributed by atoms with E-state index in [1.165, 1.54) is 0 Å². The molecule has 1 amide bonds. The van der Waals surface area contributed by atoms with Crippen LogP contribution in [0.3, 0.4) is 0 Å². The molecule has 0 unspecified atom stereocenters. The zero-order valence-electron chi connectivity index (χ0n) is 14.6. The summed E-state index contributed by atoms with van der Waals surface area (Å²) in [5.74, 6) is -0.223. The van der Waals surface area contributed by atoms with E-state index in [0.29, 0.717) is 34.4 Å². The van der Waals surface area contributed by atoms with Crippen LogP contribution in [0.1, 0.15) is 16.1 Å². The Morgan fingerprint density at radius 2 is 1.81 bits per heavy atom. The van der Waals surface area contributed by atoms with Crippen LogP contribution in [0.15, 0.2) is 60.8 Å². The van der Waals surface area contributed by atoms with E-state index >= 15 is 0 Å². The van der Waals surface area contributed by atoms with Crippen LogP contribution in [0, 0.1) is 0 Å². The largest absolute Gasteiger partial charge is 0.395 e. The first-order valence-electron chi connectivity index (χ1n) is 8.53. The van der Waals surface area contributed by atoms with Crippen LogP contribution in [0.5, 0.6) is 0 Å². The summed E-state index contributed by atoms with van der Waals surface area (Å²) in [6.45, 7) is 0.655. The number of rotatable bonds is 7. The Kier molecular flexibility index (Phi) is 6.50. The van der Waals surface area contributed by atoms with Crippen molar-refractivity contribution in [2.75, 3.05) is 19.7 Å². The van der Waals surface area contributed by atoms with Crippen LogP contribution in [0.4, 0.5) is 0 Å². The van der Waals surface area contributed by atoms with Crippen LogP contribution < -0.4 is 0 Å². The molecule has 5 nitrogen and oxygen atoms in total. The van der Waals surface area contributed by atoms with Gasteiger partial charge in [-0.25, -0.2) is 4.68 Å². The second-order valence-electron chi connectivity index (χ2n) is 6.00. The number of halogens is 2. The Labute approximate surface area is 167 Å². The zero-order valence-corrected chi connectivity index (χ0v) is 16.1. The highest BCUT2D eigenvalue weighted by molar-refractivity contribution is 6.42. The van der Waals surface area contributed by atoms with E-state index in [9.17, 15) is 9.90 Å². The highest BCUT2D eigenvalue weighted by Crippen LogP contribution is 2.24. The molecule has 140 valence electrons. The molecule has 0 fully saturated rings. The molecular weight excluding hydrogens is 385 g/mol. The highest BCUT2D eigenvalue weighted by Gasteiger charge is 2.18. The van der Waals surface area contributed by atoms with Gasteiger partial charge in [-0.3, -0.25) is 4.79 Å². The fourth-order valence-corrected chi connectivity index (χ4v) is 3.01. The van der Waals surface area contributed by atoms with Gasteiger partial charge in [-0.15, -0.1) is 0 Å². The summed E-state index contributed by atoms with van der Waals surface area (Å²) < 4.78 is 1.57.